The third-order valence-corrected chi connectivity index (χ3v) is 3.03. The molecule has 1 atom stereocenters. The standard InChI is InChI=1S/C12H11ClN2O2/c13-11-2-1-3-12(10(11)8-16)15-4-5-17-9(6-14)7-15/h1-3,8-9H,4-5,7H2. The third-order valence-electron chi connectivity index (χ3n) is 2.70. The van der Waals surface area contributed by atoms with Gasteiger partial charge in [0.2, 0.25) is 0 Å². The summed E-state index contributed by atoms with van der Waals surface area (Å²) in [6, 6.07) is 7.37. The van der Waals surface area contributed by atoms with Gasteiger partial charge in [-0.3, -0.25) is 4.79 Å². The average Bonchev–Trinajstić information content (AvgIpc) is 2.38. The molecular weight excluding hydrogens is 240 g/mol. The fraction of sp³-hybridized carbons (Fsp3) is 0.333. The van der Waals surface area contributed by atoms with Gasteiger partial charge in [-0.2, -0.15) is 5.26 Å². The first kappa shape index (κ1) is 11.9. The van der Waals surface area contributed by atoms with E-state index >= 15 is 0 Å². The predicted octanol–water partition coefficient (Wildman–Crippen LogP) is 1.88. The molecule has 1 saturated heterocycles. The number of aldehydes is 1. The average molecular weight is 251 g/mol. The Morgan fingerprint density at radius 1 is 1.59 bits per heavy atom. The zero-order chi connectivity index (χ0) is 12.3. The number of nitriles is 1. The third kappa shape index (κ3) is 2.41. The molecule has 2 rings (SSSR count). The molecule has 4 nitrogen and oxygen atoms in total. The summed E-state index contributed by atoms with van der Waals surface area (Å²) in [5.74, 6) is 0. The van der Waals surface area contributed by atoms with Crippen LogP contribution in [0.15, 0.2) is 18.2 Å². The number of rotatable bonds is 2. The van der Waals surface area contributed by atoms with Gasteiger partial charge in [-0.1, -0.05) is 17.7 Å². The molecule has 5 heteroatoms. The Morgan fingerprint density at radius 3 is 3.12 bits per heavy atom. The smallest absolute Gasteiger partial charge is 0.161 e. The maximum atomic E-state index is 11.0. The van der Waals surface area contributed by atoms with Crippen molar-refractivity contribution in [2.45, 2.75) is 6.10 Å². The summed E-state index contributed by atoms with van der Waals surface area (Å²) in [5.41, 5.74) is 1.23. The Morgan fingerprint density at radius 2 is 2.41 bits per heavy atom. The van der Waals surface area contributed by atoms with Crippen LogP contribution in [0, 0.1) is 11.3 Å². The second-order valence-corrected chi connectivity index (χ2v) is 4.13. The fourth-order valence-corrected chi connectivity index (χ4v) is 2.08. The molecule has 0 spiro atoms. The van der Waals surface area contributed by atoms with Crippen molar-refractivity contribution in [2.75, 3.05) is 24.6 Å². The molecule has 17 heavy (non-hydrogen) atoms. The molecule has 0 amide bonds. The second-order valence-electron chi connectivity index (χ2n) is 3.73. The molecule has 0 N–H and O–H groups in total. The molecule has 0 saturated carbocycles. The van der Waals surface area contributed by atoms with E-state index < -0.39 is 6.10 Å². The molecule has 88 valence electrons. The number of ether oxygens (including phenoxy) is 1. The van der Waals surface area contributed by atoms with E-state index in [9.17, 15) is 4.79 Å². The lowest BCUT2D eigenvalue weighted by Crippen LogP contribution is -2.42. The summed E-state index contributed by atoms with van der Waals surface area (Å²) in [6.45, 7) is 1.58. The van der Waals surface area contributed by atoms with Crippen molar-refractivity contribution in [3.8, 4) is 6.07 Å². The number of hydrogen-bond acceptors (Lipinski definition) is 4. The first-order valence-corrected chi connectivity index (χ1v) is 5.64. The van der Waals surface area contributed by atoms with E-state index in [1.165, 1.54) is 0 Å². The molecule has 0 aromatic heterocycles. The highest BCUT2D eigenvalue weighted by molar-refractivity contribution is 6.33. The zero-order valence-corrected chi connectivity index (χ0v) is 9.85. The van der Waals surface area contributed by atoms with Gasteiger partial charge in [0, 0.05) is 12.2 Å². The van der Waals surface area contributed by atoms with Crippen LogP contribution in [0.4, 0.5) is 5.69 Å². The highest BCUT2D eigenvalue weighted by atomic mass is 35.5. The monoisotopic (exact) mass is 250 g/mol. The molecular formula is C12H11ClN2O2. The molecule has 0 radical (unpaired) electrons. The quantitative estimate of drug-likeness (QED) is 0.752. The zero-order valence-electron chi connectivity index (χ0n) is 9.10. The molecule has 0 bridgehead atoms. The van der Waals surface area contributed by atoms with Crippen LogP contribution in [0.3, 0.4) is 0 Å². The van der Waals surface area contributed by atoms with Crippen LogP contribution < -0.4 is 4.90 Å². The van der Waals surface area contributed by atoms with Crippen molar-refractivity contribution < 1.29 is 9.53 Å². The van der Waals surface area contributed by atoms with E-state index in [4.69, 9.17) is 21.6 Å². The molecule has 1 aliphatic rings. The number of hydrogen-bond donors (Lipinski definition) is 0. The van der Waals surface area contributed by atoms with Crippen LogP contribution in [0.2, 0.25) is 5.02 Å². The highest BCUT2D eigenvalue weighted by Crippen LogP contribution is 2.27. The normalized spacial score (nSPS) is 19.8. The van der Waals surface area contributed by atoms with Crippen molar-refractivity contribution in [1.29, 1.82) is 5.26 Å². The lowest BCUT2D eigenvalue weighted by atomic mass is 10.1. The second kappa shape index (κ2) is 5.17. The number of nitrogens with zero attached hydrogens (tertiary/aromatic N) is 2. The van der Waals surface area contributed by atoms with Gasteiger partial charge in [0.25, 0.3) is 0 Å². The van der Waals surface area contributed by atoms with Crippen LogP contribution in [0.1, 0.15) is 10.4 Å². The number of benzene rings is 1. The summed E-state index contributed by atoms with van der Waals surface area (Å²) in [7, 11) is 0. The van der Waals surface area contributed by atoms with Gasteiger partial charge in [0.15, 0.2) is 12.4 Å². The van der Waals surface area contributed by atoms with Gasteiger partial charge in [0.1, 0.15) is 0 Å². The van der Waals surface area contributed by atoms with E-state index in [0.717, 1.165) is 12.0 Å². The minimum Gasteiger partial charge on any atom is -0.365 e. The summed E-state index contributed by atoms with van der Waals surface area (Å²) < 4.78 is 5.26. The highest BCUT2D eigenvalue weighted by Gasteiger charge is 2.22. The largest absolute Gasteiger partial charge is 0.365 e. The topological polar surface area (TPSA) is 53.3 Å². The fourth-order valence-electron chi connectivity index (χ4n) is 1.86. The summed E-state index contributed by atoms with van der Waals surface area (Å²) in [5, 5.41) is 9.27. The first-order valence-electron chi connectivity index (χ1n) is 5.26. The Bertz CT molecular complexity index is 470. The maximum Gasteiger partial charge on any atom is 0.161 e. The van der Waals surface area contributed by atoms with E-state index in [1.807, 2.05) is 11.0 Å². The molecule has 1 fully saturated rings. The van der Waals surface area contributed by atoms with Crippen molar-refractivity contribution in [1.82, 2.24) is 0 Å². The molecule has 0 aliphatic carbocycles. The van der Waals surface area contributed by atoms with Crippen molar-refractivity contribution in [2.24, 2.45) is 0 Å². The van der Waals surface area contributed by atoms with Gasteiger partial charge in [0.05, 0.1) is 29.8 Å². The molecule has 1 aromatic carbocycles. The van der Waals surface area contributed by atoms with Crippen LogP contribution >= 0.6 is 11.6 Å². The van der Waals surface area contributed by atoms with Gasteiger partial charge in [-0.15, -0.1) is 0 Å². The minimum absolute atomic E-state index is 0.428. The first-order chi connectivity index (χ1) is 8.26. The number of carbonyl (C=O) groups excluding carboxylic acids is 1. The van der Waals surface area contributed by atoms with Gasteiger partial charge < -0.3 is 9.64 Å². The Kier molecular flexibility index (Phi) is 3.62. The van der Waals surface area contributed by atoms with Crippen LogP contribution in [-0.4, -0.2) is 32.1 Å². The minimum atomic E-state index is -0.456. The lowest BCUT2D eigenvalue weighted by Gasteiger charge is -2.32. The lowest BCUT2D eigenvalue weighted by molar-refractivity contribution is 0.0763. The number of halogens is 1. The van der Waals surface area contributed by atoms with E-state index in [1.54, 1.807) is 12.1 Å². The Balaban J connectivity index is 2.31. The number of carbonyl (C=O) groups is 1. The van der Waals surface area contributed by atoms with Gasteiger partial charge in [-0.25, -0.2) is 0 Å². The van der Waals surface area contributed by atoms with Crippen molar-refractivity contribution in [3.05, 3.63) is 28.8 Å². The Hall–Kier alpha value is -1.57. The summed E-state index contributed by atoms with van der Waals surface area (Å²) >= 11 is 5.96. The molecule has 1 aliphatic heterocycles. The van der Waals surface area contributed by atoms with Gasteiger partial charge >= 0.3 is 0 Å². The van der Waals surface area contributed by atoms with E-state index in [2.05, 4.69) is 6.07 Å². The molecule has 1 aromatic rings. The van der Waals surface area contributed by atoms with Crippen molar-refractivity contribution >= 4 is 23.6 Å². The van der Waals surface area contributed by atoms with E-state index in [0.29, 0.717) is 30.3 Å². The summed E-state index contributed by atoms with van der Waals surface area (Å²) in [6.07, 6.45) is 0.288. The SMILES string of the molecule is N#CC1CN(c2cccc(Cl)c2C=O)CCO1. The molecule has 1 heterocycles. The van der Waals surface area contributed by atoms with Crippen molar-refractivity contribution in [3.63, 3.8) is 0 Å². The van der Waals surface area contributed by atoms with Crippen LogP contribution in [0.5, 0.6) is 0 Å². The van der Waals surface area contributed by atoms with Gasteiger partial charge in [-0.05, 0) is 12.1 Å². The Labute approximate surface area is 104 Å². The maximum absolute atomic E-state index is 11.0. The molecule has 1 unspecified atom stereocenters. The predicted molar refractivity (Wildman–Crippen MR) is 64.4 cm³/mol. The van der Waals surface area contributed by atoms with E-state index in [-0.39, 0.29) is 0 Å². The van der Waals surface area contributed by atoms with Crippen LogP contribution in [-0.2, 0) is 4.74 Å². The number of morpholine rings is 1. The summed E-state index contributed by atoms with van der Waals surface area (Å²) in [4.78, 5) is 13.0. The van der Waals surface area contributed by atoms with Crippen LogP contribution in [0.25, 0.3) is 0 Å². The number of anilines is 1.